The molecule has 0 unspecified atom stereocenters. The Labute approximate surface area is 113 Å². The molecule has 0 radical (unpaired) electrons. The van der Waals surface area contributed by atoms with Crippen LogP contribution in [-0.2, 0) is 10.0 Å². The standard InChI is InChI=1S/C11H8FN3O4S/c12-8-6-13-4-3-9(8)15-20(18,19)10-2-1-7(5-14-10)11(16)17/h1-6H,(H,13,15)(H,16,17). The van der Waals surface area contributed by atoms with Crippen molar-refractivity contribution in [1.29, 1.82) is 0 Å². The van der Waals surface area contributed by atoms with E-state index in [1.165, 1.54) is 6.20 Å². The van der Waals surface area contributed by atoms with E-state index < -0.39 is 26.8 Å². The molecule has 2 heterocycles. The van der Waals surface area contributed by atoms with Gasteiger partial charge in [0.05, 0.1) is 17.4 Å². The minimum atomic E-state index is -4.10. The number of hydrogen-bond acceptors (Lipinski definition) is 5. The molecule has 0 fully saturated rings. The van der Waals surface area contributed by atoms with E-state index in [4.69, 9.17) is 5.11 Å². The average Bonchev–Trinajstić information content (AvgIpc) is 2.41. The Morgan fingerprint density at radius 3 is 2.55 bits per heavy atom. The van der Waals surface area contributed by atoms with Gasteiger partial charge in [-0.15, -0.1) is 0 Å². The largest absolute Gasteiger partial charge is 0.478 e. The van der Waals surface area contributed by atoms with Gasteiger partial charge >= 0.3 is 5.97 Å². The highest BCUT2D eigenvalue weighted by molar-refractivity contribution is 7.92. The third-order valence-corrected chi connectivity index (χ3v) is 3.56. The number of pyridine rings is 2. The monoisotopic (exact) mass is 297 g/mol. The summed E-state index contributed by atoms with van der Waals surface area (Å²) in [5.41, 5.74) is -0.428. The van der Waals surface area contributed by atoms with Crippen molar-refractivity contribution in [3.8, 4) is 0 Å². The first-order valence-electron chi connectivity index (χ1n) is 5.22. The quantitative estimate of drug-likeness (QED) is 0.875. The van der Waals surface area contributed by atoms with Crippen molar-refractivity contribution in [1.82, 2.24) is 9.97 Å². The van der Waals surface area contributed by atoms with Gasteiger partial charge in [0.15, 0.2) is 10.8 Å². The number of carboxylic acid groups (broad SMARTS) is 1. The number of nitrogens with zero attached hydrogens (tertiary/aromatic N) is 2. The Kier molecular flexibility index (Phi) is 3.61. The van der Waals surface area contributed by atoms with E-state index in [0.717, 1.165) is 30.6 Å². The van der Waals surface area contributed by atoms with E-state index in [9.17, 15) is 17.6 Å². The summed E-state index contributed by atoms with van der Waals surface area (Å²) >= 11 is 0. The highest BCUT2D eigenvalue weighted by Gasteiger charge is 2.18. The van der Waals surface area contributed by atoms with Gasteiger partial charge in [0.2, 0.25) is 0 Å². The van der Waals surface area contributed by atoms with E-state index in [1.807, 2.05) is 4.72 Å². The van der Waals surface area contributed by atoms with Crippen molar-refractivity contribution >= 4 is 21.7 Å². The zero-order chi connectivity index (χ0) is 14.8. The average molecular weight is 297 g/mol. The summed E-state index contributed by atoms with van der Waals surface area (Å²) in [5, 5.41) is 8.27. The molecule has 0 aliphatic carbocycles. The van der Waals surface area contributed by atoms with Gasteiger partial charge in [-0.3, -0.25) is 9.71 Å². The maximum Gasteiger partial charge on any atom is 0.337 e. The van der Waals surface area contributed by atoms with E-state index >= 15 is 0 Å². The van der Waals surface area contributed by atoms with Crippen LogP contribution < -0.4 is 4.72 Å². The van der Waals surface area contributed by atoms with Crippen LogP contribution in [0.15, 0.2) is 41.8 Å². The lowest BCUT2D eigenvalue weighted by molar-refractivity contribution is 0.0696. The van der Waals surface area contributed by atoms with Crippen molar-refractivity contribution in [2.24, 2.45) is 0 Å². The van der Waals surface area contributed by atoms with Crippen molar-refractivity contribution in [2.45, 2.75) is 5.03 Å². The number of aromatic carboxylic acids is 1. The van der Waals surface area contributed by atoms with Gasteiger partial charge in [0.1, 0.15) is 0 Å². The first-order chi connectivity index (χ1) is 9.40. The van der Waals surface area contributed by atoms with Crippen LogP contribution in [0.4, 0.5) is 10.1 Å². The lowest BCUT2D eigenvalue weighted by Gasteiger charge is -2.07. The molecule has 2 N–H and O–H groups in total. The van der Waals surface area contributed by atoms with Crippen molar-refractivity contribution < 1.29 is 22.7 Å². The highest BCUT2D eigenvalue weighted by atomic mass is 32.2. The van der Waals surface area contributed by atoms with E-state index in [-0.39, 0.29) is 11.3 Å². The van der Waals surface area contributed by atoms with Crippen LogP contribution in [0.25, 0.3) is 0 Å². The molecule has 0 saturated heterocycles. The van der Waals surface area contributed by atoms with Gasteiger partial charge in [-0.25, -0.2) is 14.2 Å². The molecule has 0 aromatic carbocycles. The number of carbonyl (C=O) groups is 1. The van der Waals surface area contributed by atoms with Crippen LogP contribution in [-0.4, -0.2) is 29.5 Å². The van der Waals surface area contributed by atoms with Crippen LogP contribution >= 0.6 is 0 Å². The number of hydrogen-bond donors (Lipinski definition) is 2. The normalized spacial score (nSPS) is 11.1. The molecule has 0 saturated carbocycles. The number of rotatable bonds is 4. The number of sulfonamides is 1. The van der Waals surface area contributed by atoms with Gasteiger partial charge in [0.25, 0.3) is 10.0 Å². The minimum absolute atomic E-state index is 0.154. The first-order valence-corrected chi connectivity index (χ1v) is 6.70. The number of anilines is 1. The lowest BCUT2D eigenvalue weighted by Crippen LogP contribution is -2.15. The molecule has 0 spiro atoms. The summed E-state index contributed by atoms with van der Waals surface area (Å²) in [5.74, 6) is -2.06. The molecule has 2 rings (SSSR count). The fourth-order valence-electron chi connectivity index (χ4n) is 1.32. The second-order valence-electron chi connectivity index (χ2n) is 3.65. The molecule has 0 bridgehead atoms. The van der Waals surface area contributed by atoms with Crippen molar-refractivity contribution in [3.63, 3.8) is 0 Å². The molecule has 20 heavy (non-hydrogen) atoms. The third-order valence-electron chi connectivity index (χ3n) is 2.28. The predicted molar refractivity (Wildman–Crippen MR) is 66.2 cm³/mol. The summed E-state index contributed by atoms with van der Waals surface area (Å²) in [6.07, 6.45) is 2.99. The maximum absolute atomic E-state index is 13.3. The molecule has 0 atom stereocenters. The molecule has 0 aliphatic rings. The maximum atomic E-state index is 13.3. The Morgan fingerprint density at radius 2 is 2.00 bits per heavy atom. The topological polar surface area (TPSA) is 109 Å². The Balaban J connectivity index is 2.31. The third kappa shape index (κ3) is 2.88. The van der Waals surface area contributed by atoms with E-state index in [1.54, 1.807) is 0 Å². The fraction of sp³-hybridized carbons (Fsp3) is 0. The number of halogens is 1. The summed E-state index contributed by atoms with van der Waals surface area (Å²) in [6, 6.07) is 3.26. The van der Waals surface area contributed by atoms with Gasteiger partial charge in [0, 0.05) is 12.4 Å². The number of carboxylic acids is 1. The predicted octanol–water partition coefficient (Wildman–Crippen LogP) is 1.11. The zero-order valence-electron chi connectivity index (χ0n) is 9.82. The van der Waals surface area contributed by atoms with Gasteiger partial charge < -0.3 is 5.11 Å². The van der Waals surface area contributed by atoms with Gasteiger partial charge in [-0.05, 0) is 18.2 Å². The molecule has 0 amide bonds. The second-order valence-corrected chi connectivity index (χ2v) is 5.28. The summed E-state index contributed by atoms with van der Waals surface area (Å²) in [7, 11) is -4.10. The molecule has 104 valence electrons. The molecule has 9 heteroatoms. The summed E-state index contributed by atoms with van der Waals surface area (Å²) in [6.45, 7) is 0. The number of aromatic nitrogens is 2. The van der Waals surface area contributed by atoms with E-state index in [2.05, 4.69) is 9.97 Å². The molecule has 2 aromatic rings. The zero-order valence-corrected chi connectivity index (χ0v) is 10.6. The summed E-state index contributed by atoms with van der Waals surface area (Å²) in [4.78, 5) is 17.7. The van der Waals surface area contributed by atoms with Crippen LogP contribution in [0.5, 0.6) is 0 Å². The second kappa shape index (κ2) is 5.21. The SMILES string of the molecule is O=C(O)c1ccc(S(=O)(=O)Nc2ccncc2F)nc1. The fourth-order valence-corrected chi connectivity index (χ4v) is 2.32. The first kappa shape index (κ1) is 13.9. The molecule has 0 aliphatic heterocycles. The Hall–Kier alpha value is -2.55. The molecule has 7 nitrogen and oxygen atoms in total. The smallest absolute Gasteiger partial charge is 0.337 e. The molecule has 2 aromatic heterocycles. The van der Waals surface area contributed by atoms with Crippen LogP contribution in [0.2, 0.25) is 0 Å². The Bertz CT molecular complexity index is 747. The summed E-state index contributed by atoms with van der Waals surface area (Å²) < 4.78 is 39.2. The van der Waals surface area contributed by atoms with E-state index in [0.29, 0.717) is 0 Å². The van der Waals surface area contributed by atoms with Crippen molar-refractivity contribution in [2.75, 3.05) is 4.72 Å². The molecular formula is C11H8FN3O4S. The van der Waals surface area contributed by atoms with Crippen LogP contribution in [0, 0.1) is 5.82 Å². The van der Waals surface area contributed by atoms with Crippen LogP contribution in [0.3, 0.4) is 0 Å². The molecular weight excluding hydrogens is 289 g/mol. The lowest BCUT2D eigenvalue weighted by atomic mass is 10.3. The highest BCUT2D eigenvalue weighted by Crippen LogP contribution is 2.16. The Morgan fingerprint density at radius 1 is 1.25 bits per heavy atom. The minimum Gasteiger partial charge on any atom is -0.478 e. The number of nitrogens with one attached hydrogen (secondary N) is 1. The van der Waals surface area contributed by atoms with Crippen LogP contribution in [0.1, 0.15) is 10.4 Å². The van der Waals surface area contributed by atoms with Crippen molar-refractivity contribution in [3.05, 3.63) is 48.2 Å². The van der Waals surface area contributed by atoms with Gasteiger partial charge in [-0.2, -0.15) is 8.42 Å². The van der Waals surface area contributed by atoms with Gasteiger partial charge in [-0.1, -0.05) is 0 Å².